The fraction of sp³-hybridized carbons (Fsp3) is 0.333. The molecule has 1 amide bonds. The monoisotopic (exact) mass is 466 g/mol. The quantitative estimate of drug-likeness (QED) is 0.435. The largest absolute Gasteiger partial charge is 0.317 e. The van der Waals surface area contributed by atoms with Crippen LogP contribution in [0.25, 0.3) is 11.1 Å². The van der Waals surface area contributed by atoms with Crippen LogP contribution in [0.4, 0.5) is 10.1 Å². The Labute approximate surface area is 204 Å². The van der Waals surface area contributed by atoms with Gasteiger partial charge in [0, 0.05) is 28.3 Å². The number of hydrogen-bond acceptors (Lipinski definition) is 3. The second-order valence-corrected chi connectivity index (χ2v) is 10.5. The molecule has 1 spiro atoms. The average Bonchev–Trinajstić information content (AvgIpc) is 3.63. The zero-order chi connectivity index (χ0) is 23.7. The number of benzene rings is 3. The fourth-order valence-electron chi connectivity index (χ4n) is 6.82. The molecule has 4 nitrogen and oxygen atoms in total. The fourth-order valence-corrected chi connectivity index (χ4v) is 6.82. The Balaban J connectivity index is 1.39. The molecule has 1 saturated carbocycles. The normalized spacial score (nSPS) is 21.7. The van der Waals surface area contributed by atoms with Crippen LogP contribution in [0.1, 0.15) is 63.9 Å². The zero-order valence-corrected chi connectivity index (χ0v) is 19.5. The molecule has 0 aromatic heterocycles. The van der Waals surface area contributed by atoms with Gasteiger partial charge in [-0.25, -0.2) is 4.39 Å². The van der Waals surface area contributed by atoms with Crippen LogP contribution >= 0.6 is 0 Å². The van der Waals surface area contributed by atoms with Crippen LogP contribution in [0, 0.1) is 11.7 Å². The average molecular weight is 467 g/mol. The summed E-state index contributed by atoms with van der Waals surface area (Å²) in [6.07, 6.45) is 5.05. The Morgan fingerprint density at radius 1 is 0.971 bits per heavy atom. The Kier molecular flexibility index (Phi) is 4.56. The lowest BCUT2D eigenvalue weighted by Crippen LogP contribution is -2.52. The predicted octanol–water partition coefficient (Wildman–Crippen LogP) is 5.49. The Bertz CT molecular complexity index is 1390. The smallest absolute Gasteiger partial charge is 0.259 e. The van der Waals surface area contributed by atoms with E-state index in [1.165, 1.54) is 18.9 Å². The maximum absolute atomic E-state index is 14.6. The SMILES string of the molecule is O=C1c2ccccc2-c2cccc(C(=O)N3c4ccc(F)cc4C4(CCNCC4)[C@H]3CC3CC3)c21. The molecule has 3 aromatic rings. The number of carbonyl (C=O) groups is 2. The van der Waals surface area contributed by atoms with Gasteiger partial charge in [-0.1, -0.05) is 49.2 Å². The molecule has 2 aliphatic heterocycles. The van der Waals surface area contributed by atoms with E-state index in [0.717, 1.165) is 54.7 Å². The number of nitrogens with one attached hydrogen (secondary N) is 1. The Hall–Kier alpha value is -3.31. The van der Waals surface area contributed by atoms with Crippen molar-refractivity contribution in [3.63, 3.8) is 0 Å². The minimum Gasteiger partial charge on any atom is -0.317 e. The van der Waals surface area contributed by atoms with Crippen LogP contribution in [-0.2, 0) is 5.41 Å². The van der Waals surface area contributed by atoms with Crippen LogP contribution < -0.4 is 10.2 Å². The summed E-state index contributed by atoms with van der Waals surface area (Å²) in [6.45, 7) is 1.71. The molecular weight excluding hydrogens is 439 g/mol. The minimum atomic E-state index is -0.258. The van der Waals surface area contributed by atoms with Crippen LogP contribution in [-0.4, -0.2) is 30.8 Å². The highest BCUT2D eigenvalue weighted by molar-refractivity contribution is 6.27. The van der Waals surface area contributed by atoms with Gasteiger partial charge in [0.1, 0.15) is 5.82 Å². The maximum Gasteiger partial charge on any atom is 0.259 e. The van der Waals surface area contributed by atoms with Crippen molar-refractivity contribution in [3.05, 3.63) is 88.7 Å². The molecule has 2 aliphatic carbocycles. The number of halogens is 1. The second-order valence-electron chi connectivity index (χ2n) is 10.5. The third-order valence-electron chi connectivity index (χ3n) is 8.66. The number of rotatable bonds is 3. The molecule has 1 atom stereocenters. The van der Waals surface area contributed by atoms with Gasteiger partial charge in [-0.2, -0.15) is 0 Å². The number of anilines is 1. The van der Waals surface area contributed by atoms with Crippen LogP contribution in [0.5, 0.6) is 0 Å². The molecule has 4 aliphatic rings. The summed E-state index contributed by atoms with van der Waals surface area (Å²) in [5, 5.41) is 3.45. The topological polar surface area (TPSA) is 49.4 Å². The van der Waals surface area contributed by atoms with Crippen molar-refractivity contribution in [3.8, 4) is 11.1 Å². The van der Waals surface area contributed by atoms with E-state index < -0.39 is 0 Å². The van der Waals surface area contributed by atoms with Crippen molar-refractivity contribution >= 4 is 17.4 Å². The van der Waals surface area contributed by atoms with Gasteiger partial charge in [-0.3, -0.25) is 9.59 Å². The van der Waals surface area contributed by atoms with Gasteiger partial charge >= 0.3 is 0 Å². The van der Waals surface area contributed by atoms with E-state index >= 15 is 0 Å². The first-order valence-electron chi connectivity index (χ1n) is 12.7. The van der Waals surface area contributed by atoms with Gasteiger partial charge in [0.15, 0.2) is 5.78 Å². The molecule has 35 heavy (non-hydrogen) atoms. The molecule has 5 heteroatoms. The van der Waals surface area contributed by atoms with Crippen molar-refractivity contribution in [1.82, 2.24) is 5.32 Å². The third-order valence-corrected chi connectivity index (χ3v) is 8.66. The highest BCUT2D eigenvalue weighted by atomic mass is 19.1. The van der Waals surface area contributed by atoms with Crippen molar-refractivity contribution in [2.45, 2.75) is 43.6 Å². The first-order valence-corrected chi connectivity index (χ1v) is 12.7. The van der Waals surface area contributed by atoms with E-state index in [0.29, 0.717) is 22.6 Å². The molecule has 1 N–H and O–H groups in total. The summed E-state index contributed by atoms with van der Waals surface area (Å²) in [4.78, 5) is 29.8. The molecule has 1 saturated heterocycles. The lowest BCUT2D eigenvalue weighted by molar-refractivity contribution is 0.0949. The van der Waals surface area contributed by atoms with Crippen LogP contribution in [0.3, 0.4) is 0 Å². The van der Waals surface area contributed by atoms with Crippen molar-refractivity contribution in [2.75, 3.05) is 18.0 Å². The summed E-state index contributed by atoms with van der Waals surface area (Å²) in [5.74, 6) is 0.117. The number of amides is 1. The molecule has 176 valence electrons. The molecule has 0 radical (unpaired) electrons. The number of ketones is 1. The molecule has 7 rings (SSSR count). The summed E-state index contributed by atoms with van der Waals surface area (Å²) < 4.78 is 14.6. The highest BCUT2D eigenvalue weighted by Crippen LogP contribution is 2.55. The Morgan fingerprint density at radius 2 is 1.71 bits per heavy atom. The van der Waals surface area contributed by atoms with Crippen molar-refractivity contribution in [2.24, 2.45) is 5.92 Å². The summed E-state index contributed by atoms with van der Waals surface area (Å²) >= 11 is 0. The lowest BCUT2D eigenvalue weighted by atomic mass is 9.68. The van der Waals surface area contributed by atoms with E-state index in [4.69, 9.17) is 0 Å². The summed E-state index contributed by atoms with van der Waals surface area (Å²) in [5.41, 5.74) is 4.82. The number of fused-ring (bicyclic) bond motifs is 5. The van der Waals surface area contributed by atoms with Crippen molar-refractivity contribution in [1.29, 1.82) is 0 Å². The Morgan fingerprint density at radius 3 is 2.49 bits per heavy atom. The van der Waals surface area contributed by atoms with Gasteiger partial charge in [-0.05, 0) is 79.2 Å². The van der Waals surface area contributed by atoms with Gasteiger partial charge in [0.2, 0.25) is 0 Å². The third kappa shape index (κ3) is 3.00. The van der Waals surface area contributed by atoms with Gasteiger partial charge in [0.25, 0.3) is 5.91 Å². The molecule has 2 heterocycles. The van der Waals surface area contributed by atoms with Crippen LogP contribution in [0.15, 0.2) is 60.7 Å². The van der Waals surface area contributed by atoms with Crippen molar-refractivity contribution < 1.29 is 14.0 Å². The van der Waals surface area contributed by atoms with Crippen LogP contribution in [0.2, 0.25) is 0 Å². The maximum atomic E-state index is 14.6. The highest BCUT2D eigenvalue weighted by Gasteiger charge is 2.54. The molecule has 0 bridgehead atoms. The number of hydrogen-bond donors (Lipinski definition) is 1. The molecule has 3 aromatic carbocycles. The number of nitrogens with zero attached hydrogens (tertiary/aromatic N) is 1. The van der Waals surface area contributed by atoms with E-state index in [-0.39, 0.29) is 29.0 Å². The first kappa shape index (κ1) is 21.0. The second kappa shape index (κ2) is 7.59. The van der Waals surface area contributed by atoms with Gasteiger partial charge < -0.3 is 10.2 Å². The zero-order valence-electron chi connectivity index (χ0n) is 19.5. The predicted molar refractivity (Wildman–Crippen MR) is 133 cm³/mol. The van der Waals surface area contributed by atoms with E-state index in [9.17, 15) is 14.0 Å². The lowest BCUT2D eigenvalue weighted by Gasteiger charge is -2.42. The van der Waals surface area contributed by atoms with Gasteiger partial charge in [-0.15, -0.1) is 0 Å². The number of carbonyl (C=O) groups excluding carboxylic acids is 2. The molecular formula is C30H27FN2O2. The van der Waals surface area contributed by atoms with E-state index in [1.54, 1.807) is 18.2 Å². The summed E-state index contributed by atoms with van der Waals surface area (Å²) in [7, 11) is 0. The van der Waals surface area contributed by atoms with E-state index in [1.807, 2.05) is 41.3 Å². The standard InChI is InChI=1S/C30H27FN2O2/c31-19-10-11-25-24(17-19)30(12-14-32-15-13-30)26(16-18-8-9-18)33(25)29(35)23-7-3-6-21-20-4-1-2-5-22(20)28(34)27(21)23/h1-7,10-11,17-18,26,32H,8-9,12-16H2/t26-/m1/s1. The summed E-state index contributed by atoms with van der Waals surface area (Å²) in [6, 6.07) is 18.0. The first-order chi connectivity index (χ1) is 17.1. The number of piperidine rings is 1. The van der Waals surface area contributed by atoms with Gasteiger partial charge in [0.05, 0.1) is 5.56 Å². The molecule has 0 unspecified atom stereocenters. The minimum absolute atomic E-state index is 0.0314. The van der Waals surface area contributed by atoms with E-state index in [2.05, 4.69) is 5.32 Å². The molecule has 2 fully saturated rings.